The van der Waals surface area contributed by atoms with Gasteiger partial charge in [-0.2, -0.15) is 13.2 Å². The van der Waals surface area contributed by atoms with E-state index in [1.165, 1.54) is 12.1 Å². The molecule has 1 fully saturated rings. The summed E-state index contributed by atoms with van der Waals surface area (Å²) in [7, 11) is 0. The monoisotopic (exact) mass is 420 g/mol. The molecule has 28 heavy (non-hydrogen) atoms. The van der Waals surface area contributed by atoms with Gasteiger partial charge in [0.1, 0.15) is 0 Å². The van der Waals surface area contributed by atoms with Crippen LogP contribution in [0.2, 0.25) is 0 Å². The van der Waals surface area contributed by atoms with Crippen LogP contribution in [-0.2, 0) is 22.3 Å². The number of amides is 1. The molecule has 0 atom stereocenters. The molecule has 0 N–H and O–H groups in total. The lowest BCUT2D eigenvalue weighted by Gasteiger charge is -2.32. The van der Waals surface area contributed by atoms with E-state index in [-0.39, 0.29) is 18.3 Å². The molecule has 8 heteroatoms. The van der Waals surface area contributed by atoms with Crippen LogP contribution in [0, 0.1) is 5.41 Å². The average molecular weight is 421 g/mol. The number of hydrogen-bond donors (Lipinski definition) is 0. The highest BCUT2D eigenvalue weighted by Crippen LogP contribution is 2.29. The zero-order valence-corrected chi connectivity index (χ0v) is 17.2. The third kappa shape index (κ3) is 6.64. The number of morpholine rings is 1. The van der Waals surface area contributed by atoms with E-state index in [4.69, 9.17) is 16.3 Å². The van der Waals surface area contributed by atoms with Gasteiger partial charge in [-0.15, -0.1) is 11.6 Å². The summed E-state index contributed by atoms with van der Waals surface area (Å²) in [5, 5.41) is 0. The molecule has 0 radical (unpaired) electrons. The summed E-state index contributed by atoms with van der Waals surface area (Å²) in [6.45, 7) is 8.38. The van der Waals surface area contributed by atoms with E-state index in [1.807, 2.05) is 0 Å². The fraction of sp³-hybridized carbons (Fsp3) is 0.650. The van der Waals surface area contributed by atoms with Crippen LogP contribution >= 0.6 is 11.6 Å². The van der Waals surface area contributed by atoms with Crippen molar-refractivity contribution in [3.8, 4) is 0 Å². The summed E-state index contributed by atoms with van der Waals surface area (Å²) in [5.41, 5.74) is -0.757. The topological polar surface area (TPSA) is 32.8 Å². The lowest BCUT2D eigenvalue weighted by Crippen LogP contribution is -2.43. The maximum Gasteiger partial charge on any atom is 0.416 e. The molecule has 0 spiro atoms. The molecule has 0 aromatic heterocycles. The molecular formula is C20H28ClF3N2O2. The van der Waals surface area contributed by atoms with Gasteiger partial charge >= 0.3 is 6.18 Å². The summed E-state index contributed by atoms with van der Waals surface area (Å²) in [5.74, 6) is 0.0862. The molecule has 0 aliphatic carbocycles. The summed E-state index contributed by atoms with van der Waals surface area (Å²) in [4.78, 5) is 16.9. The number of carbonyl (C=O) groups is 1. The van der Waals surface area contributed by atoms with E-state index in [9.17, 15) is 18.0 Å². The van der Waals surface area contributed by atoms with Crippen LogP contribution in [0.15, 0.2) is 24.3 Å². The minimum atomic E-state index is -4.37. The molecule has 158 valence electrons. The molecule has 2 rings (SSSR count). The van der Waals surface area contributed by atoms with Gasteiger partial charge < -0.3 is 9.64 Å². The minimum Gasteiger partial charge on any atom is -0.379 e. The molecule has 1 amide bonds. The second kappa shape index (κ2) is 9.94. The Morgan fingerprint density at radius 2 is 1.79 bits per heavy atom. The molecule has 1 aliphatic rings. The highest BCUT2D eigenvalue weighted by atomic mass is 35.5. The normalized spacial score (nSPS) is 16.2. The first-order valence-electron chi connectivity index (χ1n) is 9.45. The van der Waals surface area contributed by atoms with Crippen LogP contribution < -0.4 is 0 Å². The molecule has 0 unspecified atom stereocenters. The summed E-state index contributed by atoms with van der Waals surface area (Å²) >= 11 is 5.97. The molecule has 4 nitrogen and oxygen atoms in total. The van der Waals surface area contributed by atoms with Crippen LogP contribution in [0.5, 0.6) is 0 Å². The van der Waals surface area contributed by atoms with Crippen molar-refractivity contribution in [3.63, 3.8) is 0 Å². The van der Waals surface area contributed by atoms with Crippen LogP contribution in [0.4, 0.5) is 13.2 Å². The third-order valence-electron chi connectivity index (χ3n) is 4.86. The van der Waals surface area contributed by atoms with E-state index >= 15 is 0 Å². The Morgan fingerprint density at radius 3 is 2.32 bits per heavy atom. The molecular weight excluding hydrogens is 393 g/mol. The maximum absolute atomic E-state index is 12.9. The van der Waals surface area contributed by atoms with Gasteiger partial charge in [0.2, 0.25) is 5.91 Å². The van der Waals surface area contributed by atoms with Gasteiger partial charge in [-0.05, 0) is 38.0 Å². The predicted molar refractivity (Wildman–Crippen MR) is 103 cm³/mol. The molecule has 1 aliphatic heterocycles. The van der Waals surface area contributed by atoms with Crippen molar-refractivity contribution in [1.82, 2.24) is 9.80 Å². The Labute approximate surface area is 169 Å². The Morgan fingerprint density at radius 1 is 1.18 bits per heavy atom. The fourth-order valence-corrected chi connectivity index (χ4v) is 3.18. The van der Waals surface area contributed by atoms with Crippen molar-refractivity contribution in [1.29, 1.82) is 0 Å². The minimum absolute atomic E-state index is 0.0932. The van der Waals surface area contributed by atoms with Crippen LogP contribution in [-0.4, -0.2) is 61.0 Å². The first-order chi connectivity index (χ1) is 13.1. The van der Waals surface area contributed by atoms with E-state index in [1.54, 1.807) is 18.7 Å². The smallest absolute Gasteiger partial charge is 0.379 e. The number of nitrogens with zero attached hydrogens (tertiary/aromatic N) is 2. The number of hydrogen-bond acceptors (Lipinski definition) is 3. The van der Waals surface area contributed by atoms with Gasteiger partial charge in [0.25, 0.3) is 0 Å². The van der Waals surface area contributed by atoms with E-state index in [0.717, 1.165) is 38.2 Å². The third-order valence-corrected chi connectivity index (χ3v) is 5.53. The second-order valence-electron chi connectivity index (χ2n) is 7.75. The van der Waals surface area contributed by atoms with Crippen molar-refractivity contribution < 1.29 is 22.7 Å². The quantitative estimate of drug-likeness (QED) is 0.595. The first-order valence-corrected chi connectivity index (χ1v) is 9.98. The van der Waals surface area contributed by atoms with Crippen molar-refractivity contribution in [2.45, 2.75) is 33.0 Å². The zero-order valence-electron chi connectivity index (χ0n) is 16.4. The second-order valence-corrected chi connectivity index (χ2v) is 8.01. The van der Waals surface area contributed by atoms with Gasteiger partial charge in [-0.25, -0.2) is 0 Å². The number of carbonyl (C=O) groups excluding carboxylic acids is 1. The highest BCUT2D eigenvalue weighted by molar-refractivity contribution is 6.19. The number of ether oxygens (including phenoxy) is 1. The van der Waals surface area contributed by atoms with Crippen LogP contribution in [0.3, 0.4) is 0 Å². The Bertz CT molecular complexity index is 629. The lowest BCUT2D eigenvalue weighted by molar-refractivity contribution is -0.140. The van der Waals surface area contributed by atoms with Crippen LogP contribution in [0.25, 0.3) is 0 Å². The van der Waals surface area contributed by atoms with Crippen molar-refractivity contribution in [3.05, 3.63) is 35.4 Å². The van der Waals surface area contributed by atoms with Gasteiger partial charge in [-0.3, -0.25) is 9.69 Å². The molecule has 0 saturated carbocycles. The number of benzene rings is 1. The van der Waals surface area contributed by atoms with Gasteiger partial charge in [-0.1, -0.05) is 12.1 Å². The van der Waals surface area contributed by atoms with E-state index < -0.39 is 17.2 Å². The Hall–Kier alpha value is -1.31. The molecule has 1 aromatic rings. The lowest BCUT2D eigenvalue weighted by atomic mass is 9.94. The van der Waals surface area contributed by atoms with Gasteiger partial charge in [0.05, 0.1) is 24.2 Å². The van der Waals surface area contributed by atoms with Gasteiger partial charge in [0.15, 0.2) is 0 Å². The summed E-state index contributed by atoms with van der Waals surface area (Å²) < 4.78 is 43.6. The molecule has 1 aromatic carbocycles. The van der Waals surface area contributed by atoms with Crippen molar-refractivity contribution >= 4 is 17.5 Å². The predicted octanol–water partition coefficient (Wildman–Crippen LogP) is 4.02. The van der Waals surface area contributed by atoms with E-state index in [0.29, 0.717) is 25.3 Å². The van der Waals surface area contributed by atoms with E-state index in [2.05, 4.69) is 4.90 Å². The fourth-order valence-electron chi connectivity index (χ4n) is 3.07. The van der Waals surface area contributed by atoms with Gasteiger partial charge in [0, 0.05) is 38.6 Å². The van der Waals surface area contributed by atoms with Crippen molar-refractivity contribution in [2.24, 2.45) is 5.41 Å². The first kappa shape index (κ1) is 23.0. The molecule has 1 heterocycles. The highest BCUT2D eigenvalue weighted by Gasteiger charge is 2.32. The standard InChI is InChI=1S/C20H28ClF3N2O2/c1-19(2,15-21)18(27)26(9-3-8-25-10-12-28-13-11-25)14-16-4-6-17(7-5-16)20(22,23)24/h4-7H,3,8-15H2,1-2H3. The van der Waals surface area contributed by atoms with Crippen LogP contribution in [0.1, 0.15) is 31.4 Å². The largest absolute Gasteiger partial charge is 0.416 e. The zero-order chi connectivity index (χ0) is 20.8. The molecule has 0 bridgehead atoms. The Balaban J connectivity index is 2.03. The SMILES string of the molecule is CC(C)(CCl)C(=O)N(CCCN1CCOCC1)Cc1ccc(C(F)(F)F)cc1. The summed E-state index contributed by atoms with van der Waals surface area (Å²) in [6, 6.07) is 4.97. The average Bonchev–Trinajstić information content (AvgIpc) is 2.67. The van der Waals surface area contributed by atoms with Crippen molar-refractivity contribution in [2.75, 3.05) is 45.3 Å². The maximum atomic E-state index is 12.9. The number of rotatable bonds is 8. The number of alkyl halides is 4. The summed E-state index contributed by atoms with van der Waals surface area (Å²) in [6.07, 6.45) is -3.59. The number of halogens is 4. The molecule has 1 saturated heterocycles. The Kier molecular flexibility index (Phi) is 8.16.